The highest BCUT2D eigenvalue weighted by Crippen LogP contribution is 2.22. The number of methoxy groups -OCH3 is 1. The summed E-state index contributed by atoms with van der Waals surface area (Å²) in [6.07, 6.45) is 2.15. The third-order valence-corrected chi connectivity index (χ3v) is 5.53. The van der Waals surface area contributed by atoms with Crippen molar-refractivity contribution in [3.05, 3.63) is 65.9 Å². The fourth-order valence-corrected chi connectivity index (χ4v) is 3.80. The maximum atomic E-state index is 12.9. The number of hydrogen-bond donors (Lipinski definition) is 1. The Kier molecular flexibility index (Phi) is 7.65. The lowest BCUT2D eigenvalue weighted by Gasteiger charge is -2.19. The van der Waals surface area contributed by atoms with Crippen molar-refractivity contribution in [1.82, 2.24) is 14.8 Å². The first-order chi connectivity index (χ1) is 15.5. The number of ketones is 1. The molecule has 1 N–H and O–H groups in total. The number of Topliss-reactive ketones (excluding diaryl/α,β-unsaturated/α-hetero) is 1. The second-order valence-electron chi connectivity index (χ2n) is 7.40. The van der Waals surface area contributed by atoms with Gasteiger partial charge in [0.05, 0.1) is 12.7 Å². The monoisotopic (exact) mass is 435 g/mol. The molecule has 0 saturated heterocycles. The topological polar surface area (TPSA) is 80.6 Å². The number of carbonyl (C=O) groups is 3. The molecule has 1 heterocycles. The van der Waals surface area contributed by atoms with E-state index in [4.69, 9.17) is 4.74 Å². The van der Waals surface area contributed by atoms with E-state index in [-0.39, 0.29) is 12.5 Å². The van der Waals surface area contributed by atoms with E-state index < -0.39 is 11.7 Å². The van der Waals surface area contributed by atoms with Crippen LogP contribution in [0.15, 0.2) is 54.7 Å². The van der Waals surface area contributed by atoms with Crippen LogP contribution in [-0.2, 0) is 22.6 Å². The number of hydrogen-bond acceptors (Lipinski definition) is 4. The summed E-state index contributed by atoms with van der Waals surface area (Å²) in [5.41, 5.74) is 2.00. The third kappa shape index (κ3) is 4.99. The molecular weight excluding hydrogens is 406 g/mol. The van der Waals surface area contributed by atoms with Gasteiger partial charge < -0.3 is 19.5 Å². The van der Waals surface area contributed by atoms with Crippen molar-refractivity contribution in [2.75, 3.05) is 26.7 Å². The average Bonchev–Trinajstić information content (AvgIpc) is 3.18. The lowest BCUT2D eigenvalue weighted by atomic mass is 10.1. The number of nitrogens with zero attached hydrogens (tertiary/aromatic N) is 2. The Balaban J connectivity index is 1.74. The van der Waals surface area contributed by atoms with Crippen LogP contribution in [0.2, 0.25) is 0 Å². The molecule has 32 heavy (non-hydrogen) atoms. The molecule has 0 unspecified atom stereocenters. The number of fused-ring (bicyclic) bond motifs is 1. The molecular formula is C25H29N3O4. The second kappa shape index (κ2) is 10.6. The average molecular weight is 436 g/mol. The van der Waals surface area contributed by atoms with Crippen LogP contribution in [0.25, 0.3) is 10.9 Å². The Morgan fingerprint density at radius 1 is 1.00 bits per heavy atom. The standard InChI is InChI=1S/C25H29N3O4/c1-4-27(5-2)23(29)17-28-16-20(19-11-7-8-12-21(19)28)24(30)25(31)26-15-14-18-10-6-9-13-22(18)32-3/h6-13,16H,4-5,14-15,17H2,1-3H3,(H,26,31). The van der Waals surface area contributed by atoms with Crippen LogP contribution in [-0.4, -0.2) is 53.8 Å². The first-order valence-corrected chi connectivity index (χ1v) is 10.8. The first kappa shape index (κ1) is 23.1. The lowest BCUT2D eigenvalue weighted by Crippen LogP contribution is -2.33. The molecule has 0 fully saturated rings. The van der Waals surface area contributed by atoms with Gasteiger partial charge in [-0.25, -0.2) is 0 Å². The van der Waals surface area contributed by atoms with Crippen molar-refractivity contribution < 1.29 is 19.1 Å². The van der Waals surface area contributed by atoms with Crippen molar-refractivity contribution in [3.63, 3.8) is 0 Å². The molecule has 3 rings (SSSR count). The fraction of sp³-hybridized carbons (Fsp3) is 0.320. The van der Waals surface area contributed by atoms with Crippen molar-refractivity contribution in [3.8, 4) is 5.75 Å². The highest BCUT2D eigenvalue weighted by molar-refractivity contribution is 6.45. The minimum absolute atomic E-state index is 0.0315. The Morgan fingerprint density at radius 2 is 1.69 bits per heavy atom. The Labute approximate surface area is 188 Å². The molecule has 0 spiro atoms. The van der Waals surface area contributed by atoms with Gasteiger partial charge in [-0.1, -0.05) is 36.4 Å². The van der Waals surface area contributed by atoms with Crippen LogP contribution in [0.4, 0.5) is 0 Å². The van der Waals surface area contributed by atoms with Crippen molar-refractivity contribution in [2.45, 2.75) is 26.8 Å². The van der Waals surface area contributed by atoms with Crippen LogP contribution < -0.4 is 10.1 Å². The molecule has 0 atom stereocenters. The van der Waals surface area contributed by atoms with Crippen LogP contribution in [0.3, 0.4) is 0 Å². The lowest BCUT2D eigenvalue weighted by molar-refractivity contribution is -0.131. The molecule has 0 aliphatic heterocycles. The van der Waals surface area contributed by atoms with Gasteiger partial charge in [0.2, 0.25) is 5.91 Å². The van der Waals surface area contributed by atoms with E-state index in [1.165, 1.54) is 0 Å². The molecule has 7 heteroatoms. The third-order valence-electron chi connectivity index (χ3n) is 5.53. The normalized spacial score (nSPS) is 10.7. The van der Waals surface area contributed by atoms with Crippen molar-refractivity contribution >= 4 is 28.5 Å². The van der Waals surface area contributed by atoms with E-state index in [0.29, 0.717) is 37.0 Å². The van der Waals surface area contributed by atoms with Crippen LogP contribution in [0.1, 0.15) is 29.8 Å². The summed E-state index contributed by atoms with van der Waals surface area (Å²) in [6.45, 7) is 5.53. The summed E-state index contributed by atoms with van der Waals surface area (Å²) in [5, 5.41) is 3.36. The van der Waals surface area contributed by atoms with Gasteiger partial charge in [0, 0.05) is 36.7 Å². The van der Waals surface area contributed by atoms with Gasteiger partial charge in [-0.15, -0.1) is 0 Å². The molecule has 0 aliphatic carbocycles. The quantitative estimate of drug-likeness (QED) is 0.392. The number of para-hydroxylation sites is 2. The van der Waals surface area contributed by atoms with E-state index in [1.807, 2.05) is 56.3 Å². The van der Waals surface area contributed by atoms with E-state index in [9.17, 15) is 14.4 Å². The van der Waals surface area contributed by atoms with E-state index in [1.54, 1.807) is 28.8 Å². The molecule has 168 valence electrons. The summed E-state index contributed by atoms with van der Waals surface area (Å²) in [5.74, 6) is -0.571. The smallest absolute Gasteiger partial charge is 0.292 e. The van der Waals surface area contributed by atoms with Gasteiger partial charge >= 0.3 is 0 Å². The zero-order valence-corrected chi connectivity index (χ0v) is 18.8. The zero-order valence-electron chi connectivity index (χ0n) is 18.8. The summed E-state index contributed by atoms with van der Waals surface area (Å²) >= 11 is 0. The summed E-state index contributed by atoms with van der Waals surface area (Å²) in [4.78, 5) is 39.8. The number of likely N-dealkylation sites (N-methyl/N-ethyl adjacent to an activating group) is 1. The molecule has 0 aliphatic rings. The van der Waals surface area contributed by atoms with Crippen LogP contribution in [0.5, 0.6) is 5.75 Å². The number of amides is 2. The van der Waals surface area contributed by atoms with Gasteiger partial charge in [0.25, 0.3) is 11.7 Å². The molecule has 0 bridgehead atoms. The predicted octanol–water partition coefficient (Wildman–Crippen LogP) is 3.06. The van der Waals surface area contributed by atoms with E-state index in [0.717, 1.165) is 16.8 Å². The highest BCUT2D eigenvalue weighted by atomic mass is 16.5. The largest absolute Gasteiger partial charge is 0.496 e. The minimum Gasteiger partial charge on any atom is -0.496 e. The van der Waals surface area contributed by atoms with Crippen LogP contribution in [0, 0.1) is 0 Å². The number of benzene rings is 2. The fourth-order valence-electron chi connectivity index (χ4n) is 3.80. The van der Waals surface area contributed by atoms with Gasteiger partial charge in [-0.2, -0.15) is 0 Å². The van der Waals surface area contributed by atoms with Crippen molar-refractivity contribution in [2.24, 2.45) is 0 Å². The number of ether oxygens (including phenoxy) is 1. The summed E-state index contributed by atoms with van der Waals surface area (Å²) in [6, 6.07) is 14.9. The number of rotatable bonds is 10. The number of nitrogens with one attached hydrogen (secondary N) is 1. The van der Waals surface area contributed by atoms with Crippen LogP contribution >= 0.6 is 0 Å². The van der Waals surface area contributed by atoms with Gasteiger partial charge in [0.1, 0.15) is 12.3 Å². The molecule has 1 aromatic heterocycles. The molecule has 3 aromatic rings. The molecule has 7 nitrogen and oxygen atoms in total. The van der Waals surface area contributed by atoms with Gasteiger partial charge in [-0.3, -0.25) is 14.4 Å². The van der Waals surface area contributed by atoms with E-state index in [2.05, 4.69) is 5.32 Å². The second-order valence-corrected chi connectivity index (χ2v) is 7.40. The Bertz CT molecular complexity index is 1120. The Morgan fingerprint density at radius 3 is 2.41 bits per heavy atom. The minimum atomic E-state index is -0.669. The number of aromatic nitrogens is 1. The maximum absolute atomic E-state index is 12.9. The predicted molar refractivity (Wildman–Crippen MR) is 124 cm³/mol. The Hall–Kier alpha value is -3.61. The van der Waals surface area contributed by atoms with E-state index >= 15 is 0 Å². The SMILES string of the molecule is CCN(CC)C(=O)Cn1cc(C(=O)C(=O)NCCc2ccccc2OC)c2ccccc21. The molecule has 0 saturated carbocycles. The van der Waals surface area contributed by atoms with Crippen molar-refractivity contribution in [1.29, 1.82) is 0 Å². The van der Waals surface area contributed by atoms with Gasteiger partial charge in [-0.05, 0) is 38.0 Å². The highest BCUT2D eigenvalue weighted by Gasteiger charge is 2.22. The molecule has 2 amide bonds. The zero-order chi connectivity index (χ0) is 23.1. The summed E-state index contributed by atoms with van der Waals surface area (Å²) in [7, 11) is 1.60. The molecule has 2 aromatic carbocycles. The maximum Gasteiger partial charge on any atom is 0.292 e. The van der Waals surface area contributed by atoms with Gasteiger partial charge in [0.15, 0.2) is 0 Å². The number of carbonyl (C=O) groups excluding carboxylic acids is 3. The first-order valence-electron chi connectivity index (χ1n) is 10.8. The summed E-state index contributed by atoms with van der Waals surface area (Å²) < 4.78 is 7.06. The molecule has 0 radical (unpaired) electrons.